The molecule has 2 fully saturated rings. The van der Waals surface area contributed by atoms with Crippen LogP contribution in [0.4, 0.5) is 5.69 Å². The average Bonchev–Trinajstić information content (AvgIpc) is 3.74. The molecule has 2 aliphatic rings. The van der Waals surface area contributed by atoms with Gasteiger partial charge in [-0.1, -0.05) is 6.92 Å². The number of nitrogens with one attached hydrogen (secondary N) is 1. The van der Waals surface area contributed by atoms with Gasteiger partial charge in [0.25, 0.3) is 0 Å². The summed E-state index contributed by atoms with van der Waals surface area (Å²) in [5.41, 5.74) is 2.11. The van der Waals surface area contributed by atoms with Gasteiger partial charge in [-0.3, -0.25) is 9.71 Å². The highest BCUT2D eigenvalue weighted by atomic mass is 32.2. The first-order valence-corrected chi connectivity index (χ1v) is 15.0. The van der Waals surface area contributed by atoms with Crippen molar-refractivity contribution in [3.05, 3.63) is 48.2 Å². The van der Waals surface area contributed by atoms with Crippen molar-refractivity contribution in [1.82, 2.24) is 9.88 Å². The van der Waals surface area contributed by atoms with E-state index in [0.29, 0.717) is 35.3 Å². The first kappa shape index (κ1) is 26.6. The number of methoxy groups -OCH3 is 1. The molecule has 1 aromatic heterocycles. The summed E-state index contributed by atoms with van der Waals surface area (Å²) in [5.74, 6) is 3.34. The molecule has 0 spiro atoms. The molecule has 38 heavy (non-hydrogen) atoms. The van der Waals surface area contributed by atoms with Crippen LogP contribution in [0.2, 0.25) is 0 Å². The molecule has 0 radical (unpaired) electrons. The van der Waals surface area contributed by atoms with E-state index in [1.165, 1.54) is 25.9 Å². The van der Waals surface area contributed by atoms with Crippen molar-refractivity contribution >= 4 is 26.6 Å². The summed E-state index contributed by atoms with van der Waals surface area (Å²) < 4.78 is 45.3. The number of rotatable bonds is 11. The lowest BCUT2D eigenvalue weighted by Crippen LogP contribution is -2.35. The normalized spacial score (nSPS) is 18.3. The lowest BCUT2D eigenvalue weighted by atomic mass is 10.0. The van der Waals surface area contributed by atoms with Gasteiger partial charge in [0.05, 0.1) is 24.5 Å². The summed E-state index contributed by atoms with van der Waals surface area (Å²) in [6, 6.07) is 10.9. The number of hydrogen-bond acceptors (Lipinski definition) is 7. The number of likely N-dealkylation sites (tertiary alicyclic amines) is 1. The topological polar surface area (TPSA) is 90.0 Å². The number of nitrogens with zero attached hydrogens (tertiary/aromatic N) is 2. The number of piperidine rings is 1. The zero-order valence-electron chi connectivity index (χ0n) is 22.4. The molecule has 5 rings (SSSR count). The van der Waals surface area contributed by atoms with Gasteiger partial charge in [0.1, 0.15) is 11.5 Å². The van der Waals surface area contributed by atoms with Crippen molar-refractivity contribution < 1.29 is 22.6 Å². The summed E-state index contributed by atoms with van der Waals surface area (Å²) >= 11 is 0. The molecule has 0 bridgehead atoms. The van der Waals surface area contributed by atoms with E-state index in [2.05, 4.69) is 21.5 Å². The van der Waals surface area contributed by atoms with E-state index < -0.39 is 10.0 Å². The van der Waals surface area contributed by atoms with E-state index in [1.807, 2.05) is 25.1 Å². The van der Waals surface area contributed by atoms with E-state index in [4.69, 9.17) is 14.2 Å². The highest BCUT2D eigenvalue weighted by Crippen LogP contribution is 2.38. The van der Waals surface area contributed by atoms with Gasteiger partial charge in [0.15, 0.2) is 11.5 Å². The number of aromatic nitrogens is 1. The minimum Gasteiger partial charge on any atom is -0.493 e. The highest BCUT2D eigenvalue weighted by Gasteiger charge is 2.35. The summed E-state index contributed by atoms with van der Waals surface area (Å²) in [4.78, 5) is 7.05. The fraction of sp³-hybridized carbons (Fsp3) is 0.483. The van der Waals surface area contributed by atoms with Gasteiger partial charge in [0, 0.05) is 36.4 Å². The molecular formula is C29H37N3O5S. The number of ether oxygens (including phenoxy) is 3. The minimum atomic E-state index is -3.31. The SMILES string of the molecule is COc1cc2c(Oc3ccc(NS(=O)(=O)C4CC4)cc3C)ccnc2cc1OCCCN1CCCC(C)C1. The molecule has 1 unspecified atom stereocenters. The first-order valence-electron chi connectivity index (χ1n) is 13.4. The van der Waals surface area contributed by atoms with Crippen LogP contribution in [0.15, 0.2) is 42.6 Å². The maximum absolute atomic E-state index is 12.3. The molecule has 1 aliphatic carbocycles. The van der Waals surface area contributed by atoms with Crippen LogP contribution in [-0.4, -0.2) is 56.9 Å². The first-order chi connectivity index (χ1) is 18.3. The maximum Gasteiger partial charge on any atom is 0.235 e. The van der Waals surface area contributed by atoms with E-state index in [1.54, 1.807) is 31.5 Å². The Morgan fingerprint density at radius 2 is 1.89 bits per heavy atom. The van der Waals surface area contributed by atoms with Gasteiger partial charge < -0.3 is 19.1 Å². The number of hydrogen-bond donors (Lipinski definition) is 1. The van der Waals surface area contributed by atoms with Crippen LogP contribution >= 0.6 is 0 Å². The molecule has 0 amide bonds. The smallest absolute Gasteiger partial charge is 0.235 e. The van der Waals surface area contributed by atoms with Gasteiger partial charge in [-0.2, -0.15) is 0 Å². The monoisotopic (exact) mass is 539 g/mol. The largest absolute Gasteiger partial charge is 0.493 e. The molecule has 1 saturated heterocycles. The van der Waals surface area contributed by atoms with Crippen molar-refractivity contribution in [1.29, 1.82) is 0 Å². The van der Waals surface area contributed by atoms with E-state index in [0.717, 1.165) is 48.2 Å². The fourth-order valence-corrected chi connectivity index (χ4v) is 6.40. The Balaban J connectivity index is 1.27. The number of benzene rings is 2. The zero-order chi connectivity index (χ0) is 26.7. The molecular weight excluding hydrogens is 502 g/mol. The van der Waals surface area contributed by atoms with Crippen molar-refractivity contribution in [3.63, 3.8) is 0 Å². The molecule has 2 heterocycles. The minimum absolute atomic E-state index is 0.274. The predicted molar refractivity (Wildman–Crippen MR) is 150 cm³/mol. The number of anilines is 1. The van der Waals surface area contributed by atoms with Crippen LogP contribution in [0, 0.1) is 12.8 Å². The molecule has 1 N–H and O–H groups in total. The molecule has 2 aromatic carbocycles. The summed E-state index contributed by atoms with van der Waals surface area (Å²) in [6.07, 6.45) is 6.71. The highest BCUT2D eigenvalue weighted by molar-refractivity contribution is 7.93. The quantitative estimate of drug-likeness (QED) is 0.310. The van der Waals surface area contributed by atoms with Crippen molar-refractivity contribution in [2.75, 3.05) is 38.1 Å². The molecule has 1 atom stereocenters. The second kappa shape index (κ2) is 11.4. The van der Waals surface area contributed by atoms with Crippen LogP contribution < -0.4 is 18.9 Å². The number of fused-ring (bicyclic) bond motifs is 1. The van der Waals surface area contributed by atoms with Crippen LogP contribution in [0.1, 0.15) is 44.6 Å². The van der Waals surface area contributed by atoms with Gasteiger partial charge in [-0.15, -0.1) is 0 Å². The Hall–Kier alpha value is -3.04. The number of sulfonamides is 1. The summed E-state index contributed by atoms with van der Waals surface area (Å²) in [7, 11) is -1.68. The van der Waals surface area contributed by atoms with Gasteiger partial charge >= 0.3 is 0 Å². The van der Waals surface area contributed by atoms with Gasteiger partial charge in [-0.05, 0) is 87.4 Å². The predicted octanol–water partition coefficient (Wildman–Crippen LogP) is 5.75. The Morgan fingerprint density at radius 3 is 2.63 bits per heavy atom. The summed E-state index contributed by atoms with van der Waals surface area (Å²) in [6.45, 7) is 8.21. The Bertz CT molecular complexity index is 1390. The summed E-state index contributed by atoms with van der Waals surface area (Å²) in [5, 5.41) is 0.529. The number of aryl methyl sites for hydroxylation is 1. The molecule has 1 saturated carbocycles. The van der Waals surface area contributed by atoms with Gasteiger partial charge in [-0.25, -0.2) is 8.42 Å². The van der Waals surface area contributed by atoms with Crippen LogP contribution in [0.3, 0.4) is 0 Å². The lowest BCUT2D eigenvalue weighted by Gasteiger charge is -2.30. The molecule has 3 aromatic rings. The molecule has 204 valence electrons. The zero-order valence-corrected chi connectivity index (χ0v) is 23.2. The van der Waals surface area contributed by atoms with Crippen LogP contribution in [0.25, 0.3) is 10.9 Å². The third-order valence-corrected chi connectivity index (χ3v) is 9.09. The standard InChI is InChI=1S/C29H37N3O5S/c1-20-6-4-13-32(19-20)14-5-15-36-29-18-25-24(17-28(29)35-3)27(11-12-30-25)37-26-10-7-22(16-21(26)2)31-38(33,34)23-8-9-23/h7,10-12,16-18,20,23,31H,4-6,8-9,13-15,19H2,1-3H3. The Kier molecular flexibility index (Phi) is 7.95. The second-order valence-corrected chi connectivity index (χ2v) is 12.5. The molecule has 1 aliphatic heterocycles. The van der Waals surface area contributed by atoms with Crippen LogP contribution in [0.5, 0.6) is 23.0 Å². The van der Waals surface area contributed by atoms with Crippen molar-refractivity contribution in [2.24, 2.45) is 5.92 Å². The lowest BCUT2D eigenvalue weighted by molar-refractivity contribution is 0.169. The average molecular weight is 540 g/mol. The molecule has 8 nitrogen and oxygen atoms in total. The third-order valence-electron chi connectivity index (χ3n) is 7.22. The van der Waals surface area contributed by atoms with Crippen molar-refractivity contribution in [2.45, 2.75) is 51.2 Å². The Morgan fingerprint density at radius 1 is 1.05 bits per heavy atom. The maximum atomic E-state index is 12.3. The van der Waals surface area contributed by atoms with Gasteiger partial charge in [0.2, 0.25) is 10.0 Å². The third kappa shape index (κ3) is 6.32. The fourth-order valence-electron chi connectivity index (χ4n) is 5.02. The second-order valence-electron chi connectivity index (χ2n) is 10.5. The number of pyridine rings is 1. The molecule has 9 heteroatoms. The Labute approximate surface area is 225 Å². The van der Waals surface area contributed by atoms with E-state index in [9.17, 15) is 8.42 Å². The van der Waals surface area contributed by atoms with Crippen LogP contribution in [-0.2, 0) is 10.0 Å². The van der Waals surface area contributed by atoms with Crippen molar-refractivity contribution in [3.8, 4) is 23.0 Å². The van der Waals surface area contributed by atoms with E-state index in [-0.39, 0.29) is 5.25 Å². The van der Waals surface area contributed by atoms with E-state index >= 15 is 0 Å².